The van der Waals surface area contributed by atoms with Crippen molar-refractivity contribution in [2.75, 3.05) is 5.75 Å². The number of benzene rings is 2. The van der Waals surface area contributed by atoms with Gasteiger partial charge in [0, 0.05) is 23.4 Å². The first kappa shape index (κ1) is 23.7. The van der Waals surface area contributed by atoms with Crippen LogP contribution in [0, 0.1) is 6.92 Å². The van der Waals surface area contributed by atoms with Gasteiger partial charge in [0.25, 0.3) is 0 Å². The van der Waals surface area contributed by atoms with Gasteiger partial charge in [0.1, 0.15) is 6.04 Å². The number of nitrogens with zero attached hydrogens (tertiary/aromatic N) is 1. The Labute approximate surface area is 194 Å². The Hall–Kier alpha value is -1.98. The van der Waals surface area contributed by atoms with Crippen molar-refractivity contribution in [2.45, 2.75) is 63.9 Å². The first-order valence-corrected chi connectivity index (χ1v) is 12.4. The highest BCUT2D eigenvalue weighted by Crippen LogP contribution is 2.22. The molecule has 6 heteroatoms. The van der Waals surface area contributed by atoms with Gasteiger partial charge < -0.3 is 10.2 Å². The van der Waals surface area contributed by atoms with Crippen LogP contribution in [0.5, 0.6) is 0 Å². The van der Waals surface area contributed by atoms with Crippen molar-refractivity contribution in [3.63, 3.8) is 0 Å². The van der Waals surface area contributed by atoms with Crippen molar-refractivity contribution in [3.8, 4) is 0 Å². The number of rotatable bonds is 9. The van der Waals surface area contributed by atoms with E-state index in [0.717, 1.165) is 37.0 Å². The molecule has 0 aliphatic heterocycles. The lowest BCUT2D eigenvalue weighted by atomic mass is 10.1. The van der Waals surface area contributed by atoms with Crippen LogP contribution in [0.3, 0.4) is 0 Å². The fourth-order valence-electron chi connectivity index (χ4n) is 3.93. The Balaban J connectivity index is 1.66. The van der Waals surface area contributed by atoms with Crippen LogP contribution in [-0.4, -0.2) is 34.6 Å². The van der Waals surface area contributed by atoms with Gasteiger partial charge in [-0.2, -0.15) is 0 Å². The van der Waals surface area contributed by atoms with E-state index in [1.54, 1.807) is 16.7 Å². The molecular weight excluding hydrogens is 428 g/mol. The third-order valence-electron chi connectivity index (χ3n) is 5.74. The number of carbonyl (C=O) groups excluding carboxylic acids is 2. The Morgan fingerprint density at radius 2 is 1.90 bits per heavy atom. The molecule has 1 atom stereocenters. The van der Waals surface area contributed by atoms with Crippen molar-refractivity contribution in [3.05, 3.63) is 70.2 Å². The number of amides is 2. The Morgan fingerprint density at radius 3 is 2.61 bits per heavy atom. The Morgan fingerprint density at radius 1 is 1.16 bits per heavy atom. The quantitative estimate of drug-likeness (QED) is 0.550. The summed E-state index contributed by atoms with van der Waals surface area (Å²) in [7, 11) is 0. The standard InChI is InChI=1S/C25H31ClN2O2S/c1-18-8-7-9-20(14-18)16-31-17-24(29)28(15-21-10-3-6-13-23(21)26)19(2)25(30)27-22-11-4-5-12-22/h3,6-10,13-14,19,22H,4-5,11-12,15-17H2,1-2H3,(H,27,30)/t19-/m1/s1. The van der Waals surface area contributed by atoms with Gasteiger partial charge in [0.15, 0.2) is 0 Å². The molecule has 0 unspecified atom stereocenters. The summed E-state index contributed by atoms with van der Waals surface area (Å²) in [6, 6.07) is 15.5. The summed E-state index contributed by atoms with van der Waals surface area (Å²) in [5, 5.41) is 3.74. The van der Waals surface area contributed by atoms with E-state index in [1.165, 1.54) is 11.1 Å². The van der Waals surface area contributed by atoms with E-state index in [4.69, 9.17) is 11.6 Å². The second-order valence-corrected chi connectivity index (χ2v) is 9.65. The summed E-state index contributed by atoms with van der Waals surface area (Å²) in [4.78, 5) is 27.8. The number of aryl methyl sites for hydroxylation is 1. The van der Waals surface area contributed by atoms with Crippen LogP contribution in [0.15, 0.2) is 48.5 Å². The van der Waals surface area contributed by atoms with Gasteiger partial charge in [-0.15, -0.1) is 11.8 Å². The van der Waals surface area contributed by atoms with Crippen LogP contribution in [0.2, 0.25) is 5.02 Å². The van der Waals surface area contributed by atoms with E-state index in [1.807, 2.05) is 37.3 Å². The summed E-state index contributed by atoms with van der Waals surface area (Å²) in [5.41, 5.74) is 3.26. The maximum Gasteiger partial charge on any atom is 0.242 e. The highest BCUT2D eigenvalue weighted by atomic mass is 35.5. The number of carbonyl (C=O) groups is 2. The molecule has 0 spiro atoms. The predicted octanol–water partition coefficient (Wildman–Crippen LogP) is 5.36. The smallest absolute Gasteiger partial charge is 0.242 e. The van der Waals surface area contributed by atoms with Gasteiger partial charge >= 0.3 is 0 Å². The molecule has 1 aliphatic rings. The van der Waals surface area contributed by atoms with Crippen LogP contribution >= 0.6 is 23.4 Å². The number of nitrogens with one attached hydrogen (secondary N) is 1. The van der Waals surface area contributed by atoms with Crippen LogP contribution in [0.25, 0.3) is 0 Å². The number of hydrogen-bond donors (Lipinski definition) is 1. The molecule has 1 fully saturated rings. The van der Waals surface area contributed by atoms with Crippen molar-refractivity contribution < 1.29 is 9.59 Å². The van der Waals surface area contributed by atoms with E-state index in [2.05, 4.69) is 30.4 Å². The zero-order valence-electron chi connectivity index (χ0n) is 18.3. The molecule has 0 aromatic heterocycles. The Kier molecular flexibility index (Phi) is 8.85. The van der Waals surface area contributed by atoms with Crippen LogP contribution in [0.1, 0.15) is 49.3 Å². The molecule has 2 aromatic carbocycles. The van der Waals surface area contributed by atoms with Crippen molar-refractivity contribution in [2.24, 2.45) is 0 Å². The van der Waals surface area contributed by atoms with E-state index < -0.39 is 6.04 Å². The molecule has 0 heterocycles. The summed E-state index contributed by atoms with van der Waals surface area (Å²) in [6.07, 6.45) is 4.33. The van der Waals surface area contributed by atoms with Gasteiger partial charge in [-0.3, -0.25) is 9.59 Å². The van der Waals surface area contributed by atoms with Crippen molar-refractivity contribution in [1.29, 1.82) is 0 Å². The van der Waals surface area contributed by atoms with Crippen molar-refractivity contribution in [1.82, 2.24) is 10.2 Å². The van der Waals surface area contributed by atoms with E-state index in [0.29, 0.717) is 17.3 Å². The first-order valence-electron chi connectivity index (χ1n) is 10.9. The summed E-state index contributed by atoms with van der Waals surface area (Å²) < 4.78 is 0. The molecule has 1 saturated carbocycles. The molecule has 2 aromatic rings. The highest BCUT2D eigenvalue weighted by Gasteiger charge is 2.28. The summed E-state index contributed by atoms with van der Waals surface area (Å²) in [6.45, 7) is 4.20. The average molecular weight is 459 g/mol. The molecule has 3 rings (SSSR count). The zero-order chi connectivity index (χ0) is 22.2. The molecule has 1 aliphatic carbocycles. The second kappa shape index (κ2) is 11.6. The summed E-state index contributed by atoms with van der Waals surface area (Å²) >= 11 is 7.92. The normalized spacial score (nSPS) is 14.9. The number of thioether (sulfide) groups is 1. The van der Waals surface area contributed by atoms with Gasteiger partial charge in [-0.1, -0.05) is 72.5 Å². The maximum absolute atomic E-state index is 13.2. The lowest BCUT2D eigenvalue weighted by molar-refractivity contribution is -0.138. The molecule has 0 radical (unpaired) electrons. The highest BCUT2D eigenvalue weighted by molar-refractivity contribution is 7.99. The molecule has 31 heavy (non-hydrogen) atoms. The average Bonchev–Trinajstić information content (AvgIpc) is 3.25. The first-order chi connectivity index (χ1) is 14.9. The van der Waals surface area contributed by atoms with Crippen LogP contribution < -0.4 is 5.32 Å². The second-order valence-electron chi connectivity index (χ2n) is 8.26. The molecule has 0 bridgehead atoms. The largest absolute Gasteiger partial charge is 0.352 e. The van der Waals surface area contributed by atoms with Crippen molar-refractivity contribution >= 4 is 35.2 Å². The van der Waals surface area contributed by atoms with Crippen LogP contribution in [0.4, 0.5) is 0 Å². The fourth-order valence-corrected chi connectivity index (χ4v) is 4.98. The summed E-state index contributed by atoms with van der Waals surface area (Å²) in [5.74, 6) is 0.942. The maximum atomic E-state index is 13.2. The van der Waals surface area contributed by atoms with Crippen LogP contribution in [-0.2, 0) is 21.9 Å². The zero-order valence-corrected chi connectivity index (χ0v) is 19.8. The Bertz CT molecular complexity index is 899. The monoisotopic (exact) mass is 458 g/mol. The van der Waals surface area contributed by atoms with Gasteiger partial charge in [0.2, 0.25) is 11.8 Å². The molecular formula is C25H31ClN2O2S. The third kappa shape index (κ3) is 7.01. The lowest BCUT2D eigenvalue weighted by Crippen LogP contribution is -2.50. The minimum absolute atomic E-state index is 0.0494. The SMILES string of the molecule is Cc1cccc(CSCC(=O)N(Cc2ccccc2Cl)[C@H](C)C(=O)NC2CCCC2)c1. The van der Waals surface area contributed by atoms with Gasteiger partial charge in [-0.25, -0.2) is 0 Å². The number of halogens is 1. The molecule has 4 nitrogen and oxygen atoms in total. The molecule has 1 N–H and O–H groups in total. The van der Waals surface area contributed by atoms with E-state index in [-0.39, 0.29) is 17.9 Å². The minimum Gasteiger partial charge on any atom is -0.352 e. The molecule has 166 valence electrons. The lowest BCUT2D eigenvalue weighted by Gasteiger charge is -2.30. The fraction of sp³-hybridized carbons (Fsp3) is 0.440. The number of hydrogen-bond acceptors (Lipinski definition) is 3. The predicted molar refractivity (Wildman–Crippen MR) is 129 cm³/mol. The van der Waals surface area contributed by atoms with Gasteiger partial charge in [-0.05, 0) is 43.9 Å². The van der Waals surface area contributed by atoms with Gasteiger partial charge in [0.05, 0.1) is 5.75 Å². The van der Waals surface area contributed by atoms with E-state index in [9.17, 15) is 9.59 Å². The molecule has 0 saturated heterocycles. The van der Waals surface area contributed by atoms with E-state index >= 15 is 0 Å². The third-order valence-corrected chi connectivity index (χ3v) is 7.10. The molecule has 2 amide bonds. The topological polar surface area (TPSA) is 49.4 Å². The minimum atomic E-state index is -0.552.